The van der Waals surface area contributed by atoms with Crippen LogP contribution in [-0.2, 0) is 6.42 Å². The van der Waals surface area contributed by atoms with Crippen molar-refractivity contribution in [3.63, 3.8) is 0 Å². The Bertz CT molecular complexity index is 512. The van der Waals surface area contributed by atoms with Crippen molar-refractivity contribution in [2.45, 2.75) is 45.6 Å². The second-order valence-corrected chi connectivity index (χ2v) is 7.75. The molecule has 1 aromatic rings. The monoisotopic (exact) mass is 337 g/mol. The summed E-state index contributed by atoms with van der Waals surface area (Å²) in [5, 5.41) is 3.57. The molecule has 0 radical (unpaired) electrons. The summed E-state index contributed by atoms with van der Waals surface area (Å²) in [5.41, 5.74) is 3.10. The molecule has 2 atom stereocenters. The van der Waals surface area contributed by atoms with E-state index in [9.17, 15) is 0 Å². The lowest BCUT2D eigenvalue weighted by Crippen LogP contribution is -2.32. The number of benzene rings is 1. The van der Waals surface area contributed by atoms with Gasteiger partial charge in [0.2, 0.25) is 0 Å². The smallest absolute Gasteiger partial charge is 0.127 e. The maximum absolute atomic E-state index is 5.93. The third kappa shape index (κ3) is 2.39. The number of hydrogen-bond donors (Lipinski definition) is 1. The summed E-state index contributed by atoms with van der Waals surface area (Å²) >= 11 is 3.67. The van der Waals surface area contributed by atoms with Gasteiger partial charge in [0, 0.05) is 22.5 Å². The predicted molar refractivity (Wildman–Crippen MR) is 86.3 cm³/mol. The van der Waals surface area contributed by atoms with E-state index in [0.717, 1.165) is 18.8 Å². The summed E-state index contributed by atoms with van der Waals surface area (Å²) in [5.74, 6) is 1.81. The third-order valence-electron chi connectivity index (χ3n) is 5.17. The van der Waals surface area contributed by atoms with Crippen LogP contribution in [0.25, 0.3) is 0 Å². The van der Waals surface area contributed by atoms with Crippen LogP contribution in [0.15, 0.2) is 16.6 Å². The highest BCUT2D eigenvalue weighted by Crippen LogP contribution is 2.51. The SMILES string of the molecule is CNC(c1cc(Br)cc2c1OCC2)C1CCCC1(C)C. The fourth-order valence-electron chi connectivity index (χ4n) is 4.07. The lowest BCUT2D eigenvalue weighted by Gasteiger charge is -2.35. The van der Waals surface area contributed by atoms with Crippen LogP contribution in [0, 0.1) is 11.3 Å². The van der Waals surface area contributed by atoms with Gasteiger partial charge in [-0.3, -0.25) is 0 Å². The summed E-state index contributed by atoms with van der Waals surface area (Å²) in [6.45, 7) is 5.64. The molecular formula is C17H24BrNO. The lowest BCUT2D eigenvalue weighted by molar-refractivity contribution is 0.200. The van der Waals surface area contributed by atoms with Gasteiger partial charge in [-0.15, -0.1) is 0 Å². The van der Waals surface area contributed by atoms with Gasteiger partial charge in [0.15, 0.2) is 0 Å². The fourth-order valence-corrected chi connectivity index (χ4v) is 4.60. The first-order valence-corrected chi connectivity index (χ1v) is 8.44. The highest BCUT2D eigenvalue weighted by molar-refractivity contribution is 9.10. The number of halogens is 1. The molecular weight excluding hydrogens is 314 g/mol. The van der Waals surface area contributed by atoms with Crippen LogP contribution in [-0.4, -0.2) is 13.7 Å². The standard InChI is InChI=1S/C17H24BrNO/c1-17(2)7-4-5-14(17)15(19-3)13-10-12(18)9-11-6-8-20-16(11)13/h9-10,14-15,19H,4-8H2,1-3H3. The topological polar surface area (TPSA) is 21.3 Å². The largest absolute Gasteiger partial charge is 0.493 e. The molecule has 0 bridgehead atoms. The molecule has 0 saturated heterocycles. The van der Waals surface area contributed by atoms with Gasteiger partial charge in [0.1, 0.15) is 5.75 Å². The zero-order valence-electron chi connectivity index (χ0n) is 12.6. The van der Waals surface area contributed by atoms with Gasteiger partial charge in [0.05, 0.1) is 6.61 Å². The molecule has 0 spiro atoms. The van der Waals surface area contributed by atoms with Gasteiger partial charge in [-0.25, -0.2) is 0 Å². The van der Waals surface area contributed by atoms with E-state index < -0.39 is 0 Å². The van der Waals surface area contributed by atoms with Gasteiger partial charge in [-0.2, -0.15) is 0 Å². The molecule has 3 heteroatoms. The van der Waals surface area contributed by atoms with Crippen molar-refractivity contribution in [1.82, 2.24) is 5.32 Å². The van der Waals surface area contributed by atoms with E-state index >= 15 is 0 Å². The van der Waals surface area contributed by atoms with Gasteiger partial charge >= 0.3 is 0 Å². The van der Waals surface area contributed by atoms with Crippen LogP contribution in [0.5, 0.6) is 5.75 Å². The summed E-state index contributed by atoms with van der Waals surface area (Å²) in [6, 6.07) is 4.84. The first-order chi connectivity index (χ1) is 9.53. The number of nitrogens with one attached hydrogen (secondary N) is 1. The second-order valence-electron chi connectivity index (χ2n) is 6.84. The second kappa shape index (κ2) is 5.34. The lowest BCUT2D eigenvalue weighted by atomic mass is 9.75. The summed E-state index contributed by atoms with van der Waals surface area (Å²) in [6.07, 6.45) is 5.01. The minimum absolute atomic E-state index is 0.386. The Kier molecular flexibility index (Phi) is 3.85. The Hall–Kier alpha value is -0.540. The van der Waals surface area contributed by atoms with Crippen molar-refractivity contribution in [1.29, 1.82) is 0 Å². The van der Waals surface area contributed by atoms with Gasteiger partial charge in [-0.05, 0) is 48.9 Å². The molecule has 1 N–H and O–H groups in total. The Balaban J connectivity index is 2.02. The zero-order valence-corrected chi connectivity index (χ0v) is 14.2. The number of rotatable bonds is 3. The van der Waals surface area contributed by atoms with Crippen LogP contribution >= 0.6 is 15.9 Å². The van der Waals surface area contributed by atoms with Crippen molar-refractivity contribution in [3.05, 3.63) is 27.7 Å². The molecule has 3 rings (SSSR count). The van der Waals surface area contributed by atoms with Crippen molar-refractivity contribution in [2.24, 2.45) is 11.3 Å². The van der Waals surface area contributed by atoms with Crippen molar-refractivity contribution >= 4 is 15.9 Å². The molecule has 1 aliphatic heterocycles. The van der Waals surface area contributed by atoms with E-state index in [1.54, 1.807) is 0 Å². The molecule has 1 fully saturated rings. The quantitative estimate of drug-likeness (QED) is 0.878. The molecule has 1 aliphatic carbocycles. The molecule has 2 unspecified atom stereocenters. The van der Waals surface area contributed by atoms with Gasteiger partial charge in [0.25, 0.3) is 0 Å². The minimum Gasteiger partial charge on any atom is -0.493 e. The van der Waals surface area contributed by atoms with E-state index in [4.69, 9.17) is 4.74 Å². The Labute approximate surface area is 130 Å². The summed E-state index contributed by atoms with van der Waals surface area (Å²) in [7, 11) is 2.08. The molecule has 110 valence electrons. The van der Waals surface area contributed by atoms with E-state index in [1.807, 2.05) is 0 Å². The maximum Gasteiger partial charge on any atom is 0.127 e. The van der Waals surface area contributed by atoms with Crippen LogP contribution in [0.3, 0.4) is 0 Å². The van der Waals surface area contributed by atoms with Crippen molar-refractivity contribution < 1.29 is 4.74 Å². The average molecular weight is 338 g/mol. The summed E-state index contributed by atoms with van der Waals surface area (Å²) < 4.78 is 7.11. The van der Waals surface area contributed by atoms with E-state index in [0.29, 0.717) is 17.4 Å². The predicted octanol–water partition coefficient (Wildman–Crippen LogP) is 4.47. The Morgan fingerprint density at radius 3 is 2.85 bits per heavy atom. The highest BCUT2D eigenvalue weighted by Gasteiger charge is 2.41. The Morgan fingerprint density at radius 1 is 1.40 bits per heavy atom. The molecule has 2 nitrogen and oxygen atoms in total. The van der Waals surface area contributed by atoms with E-state index in [2.05, 4.69) is 54.3 Å². The molecule has 1 saturated carbocycles. The van der Waals surface area contributed by atoms with E-state index in [1.165, 1.54) is 34.9 Å². The van der Waals surface area contributed by atoms with Crippen molar-refractivity contribution in [2.75, 3.05) is 13.7 Å². The maximum atomic E-state index is 5.93. The first-order valence-electron chi connectivity index (χ1n) is 7.65. The van der Waals surface area contributed by atoms with Crippen molar-refractivity contribution in [3.8, 4) is 5.75 Å². The summed E-state index contributed by atoms with van der Waals surface area (Å²) in [4.78, 5) is 0. The zero-order chi connectivity index (χ0) is 14.3. The third-order valence-corrected chi connectivity index (χ3v) is 5.62. The molecule has 1 heterocycles. The van der Waals surface area contributed by atoms with Crippen LogP contribution in [0.1, 0.15) is 50.3 Å². The highest BCUT2D eigenvalue weighted by atomic mass is 79.9. The average Bonchev–Trinajstić information content (AvgIpc) is 2.97. The fraction of sp³-hybridized carbons (Fsp3) is 0.647. The first kappa shape index (κ1) is 14.4. The van der Waals surface area contributed by atoms with Gasteiger partial charge in [-0.1, -0.05) is 36.2 Å². The minimum atomic E-state index is 0.386. The van der Waals surface area contributed by atoms with Crippen LogP contribution in [0.4, 0.5) is 0 Å². The molecule has 20 heavy (non-hydrogen) atoms. The van der Waals surface area contributed by atoms with Crippen LogP contribution in [0.2, 0.25) is 0 Å². The number of hydrogen-bond acceptors (Lipinski definition) is 2. The number of fused-ring (bicyclic) bond motifs is 1. The number of ether oxygens (including phenoxy) is 1. The van der Waals surface area contributed by atoms with E-state index in [-0.39, 0.29) is 0 Å². The molecule has 0 amide bonds. The molecule has 1 aromatic carbocycles. The molecule has 2 aliphatic rings. The normalized spacial score (nSPS) is 25.3. The molecule has 0 aromatic heterocycles. The van der Waals surface area contributed by atoms with Gasteiger partial charge < -0.3 is 10.1 Å². The Morgan fingerprint density at radius 2 is 2.20 bits per heavy atom. The van der Waals surface area contributed by atoms with Crippen LogP contribution < -0.4 is 10.1 Å².